The molecular weight excluding hydrogens is 351 g/mol. The molecule has 0 saturated heterocycles. The molecule has 2 heterocycles. The van der Waals surface area contributed by atoms with Gasteiger partial charge in [0.2, 0.25) is 0 Å². The first-order valence-electron chi connectivity index (χ1n) is 7.86. The number of anilines is 1. The minimum absolute atomic E-state index is 0.0475. The fourth-order valence-corrected chi connectivity index (χ4v) is 2.55. The number of esters is 1. The van der Waals surface area contributed by atoms with E-state index in [4.69, 9.17) is 15.2 Å². The van der Waals surface area contributed by atoms with Crippen LogP contribution < -0.4 is 10.5 Å². The maximum absolute atomic E-state index is 13.9. The van der Waals surface area contributed by atoms with E-state index in [2.05, 4.69) is 4.98 Å². The van der Waals surface area contributed by atoms with Crippen molar-refractivity contribution in [1.29, 1.82) is 5.26 Å². The van der Waals surface area contributed by atoms with Crippen molar-refractivity contribution >= 4 is 11.7 Å². The van der Waals surface area contributed by atoms with Crippen LogP contribution in [-0.4, -0.2) is 22.6 Å². The van der Waals surface area contributed by atoms with E-state index < -0.39 is 11.8 Å². The maximum atomic E-state index is 13.9. The summed E-state index contributed by atoms with van der Waals surface area (Å²) in [5, 5.41) is 9.23. The molecule has 1 aromatic carbocycles. The Hall–Kier alpha value is -3.86. The number of nitriles is 1. The second kappa shape index (κ2) is 7.58. The molecule has 3 aromatic rings. The molecule has 0 aliphatic carbocycles. The van der Waals surface area contributed by atoms with Gasteiger partial charge in [-0.1, -0.05) is 0 Å². The van der Waals surface area contributed by atoms with Gasteiger partial charge in [-0.05, 0) is 29.8 Å². The quantitative estimate of drug-likeness (QED) is 0.697. The zero-order valence-electron chi connectivity index (χ0n) is 14.3. The minimum atomic E-state index is -0.752. The van der Waals surface area contributed by atoms with Gasteiger partial charge in [-0.15, -0.1) is 0 Å². The van der Waals surface area contributed by atoms with E-state index in [1.165, 1.54) is 36.1 Å². The standard InChI is InChI=1S/C19H15FN4O3/c1-26-19(25)18-17(22)13(9-21)10-24(18)15-8-14(20)2-3-16(15)27-11-12-4-6-23-7-5-12/h2-8,10H,11,22H2,1H3. The van der Waals surface area contributed by atoms with Gasteiger partial charge in [-0.3, -0.25) is 4.98 Å². The van der Waals surface area contributed by atoms with Crippen molar-refractivity contribution in [2.75, 3.05) is 12.8 Å². The topological polar surface area (TPSA) is 103 Å². The van der Waals surface area contributed by atoms with Crippen LogP contribution >= 0.6 is 0 Å². The summed E-state index contributed by atoms with van der Waals surface area (Å²) >= 11 is 0. The van der Waals surface area contributed by atoms with E-state index in [0.29, 0.717) is 5.75 Å². The number of benzene rings is 1. The molecule has 8 heteroatoms. The summed E-state index contributed by atoms with van der Waals surface area (Å²) in [6.45, 7) is 0.205. The van der Waals surface area contributed by atoms with Gasteiger partial charge < -0.3 is 19.8 Å². The Morgan fingerprint density at radius 3 is 2.74 bits per heavy atom. The summed E-state index contributed by atoms with van der Waals surface area (Å²) in [6, 6.07) is 9.33. The van der Waals surface area contributed by atoms with Crippen LogP contribution in [0.1, 0.15) is 21.6 Å². The van der Waals surface area contributed by atoms with E-state index in [1.54, 1.807) is 24.5 Å². The number of nitrogens with two attached hydrogens (primary N) is 1. The smallest absolute Gasteiger partial charge is 0.357 e. The number of methoxy groups -OCH3 is 1. The summed E-state index contributed by atoms with van der Waals surface area (Å²) in [5.74, 6) is -0.987. The zero-order chi connectivity index (χ0) is 19.4. The number of carbonyl (C=O) groups is 1. The molecule has 0 radical (unpaired) electrons. The number of hydrogen-bond acceptors (Lipinski definition) is 6. The first kappa shape index (κ1) is 17.9. The molecule has 0 spiro atoms. The number of ether oxygens (including phenoxy) is 2. The number of carbonyl (C=O) groups excluding carboxylic acids is 1. The number of aromatic nitrogens is 2. The normalized spacial score (nSPS) is 10.3. The highest BCUT2D eigenvalue weighted by molar-refractivity contribution is 5.96. The number of nitrogens with zero attached hydrogens (tertiary/aromatic N) is 3. The summed E-state index contributed by atoms with van der Waals surface area (Å²) in [6.07, 6.45) is 4.60. The van der Waals surface area contributed by atoms with Gasteiger partial charge in [0.25, 0.3) is 0 Å². The van der Waals surface area contributed by atoms with Gasteiger partial charge in [0.1, 0.15) is 24.2 Å². The second-order valence-electron chi connectivity index (χ2n) is 5.53. The van der Waals surface area contributed by atoms with Crippen molar-refractivity contribution in [1.82, 2.24) is 9.55 Å². The van der Waals surface area contributed by atoms with Crippen LogP contribution in [0.4, 0.5) is 10.1 Å². The van der Waals surface area contributed by atoms with Crippen molar-refractivity contribution in [3.05, 3.63) is 71.6 Å². The van der Waals surface area contributed by atoms with Crippen LogP contribution in [0, 0.1) is 17.1 Å². The Morgan fingerprint density at radius 2 is 2.07 bits per heavy atom. The highest BCUT2D eigenvalue weighted by Gasteiger charge is 2.23. The highest BCUT2D eigenvalue weighted by Crippen LogP contribution is 2.31. The largest absolute Gasteiger partial charge is 0.487 e. The van der Waals surface area contributed by atoms with Crippen molar-refractivity contribution in [3.63, 3.8) is 0 Å². The van der Waals surface area contributed by atoms with Crippen LogP contribution in [0.15, 0.2) is 48.9 Å². The Labute approximate surface area is 154 Å². The van der Waals surface area contributed by atoms with Crippen LogP contribution in [0.5, 0.6) is 5.75 Å². The number of pyridine rings is 1. The average molecular weight is 366 g/mol. The van der Waals surface area contributed by atoms with Crippen molar-refractivity contribution in [3.8, 4) is 17.5 Å². The fraction of sp³-hybridized carbons (Fsp3) is 0.105. The number of rotatable bonds is 5. The molecule has 27 heavy (non-hydrogen) atoms. The van der Waals surface area contributed by atoms with Crippen molar-refractivity contribution in [2.45, 2.75) is 6.61 Å². The molecule has 0 aliphatic rings. The van der Waals surface area contributed by atoms with Gasteiger partial charge in [-0.2, -0.15) is 5.26 Å². The molecule has 7 nitrogen and oxygen atoms in total. The van der Waals surface area contributed by atoms with Crippen LogP contribution in [-0.2, 0) is 11.3 Å². The Morgan fingerprint density at radius 1 is 1.33 bits per heavy atom. The predicted octanol–water partition coefficient (Wildman–Crippen LogP) is 2.83. The van der Waals surface area contributed by atoms with E-state index in [0.717, 1.165) is 5.56 Å². The van der Waals surface area contributed by atoms with Crippen LogP contribution in [0.3, 0.4) is 0 Å². The lowest BCUT2D eigenvalue weighted by Gasteiger charge is -2.14. The number of hydrogen-bond donors (Lipinski definition) is 1. The first-order valence-corrected chi connectivity index (χ1v) is 7.86. The zero-order valence-corrected chi connectivity index (χ0v) is 14.3. The van der Waals surface area contributed by atoms with E-state index in [-0.39, 0.29) is 29.2 Å². The average Bonchev–Trinajstić information content (AvgIpc) is 3.03. The Bertz CT molecular complexity index is 1030. The summed E-state index contributed by atoms with van der Waals surface area (Å²) in [7, 11) is 1.19. The monoisotopic (exact) mass is 366 g/mol. The maximum Gasteiger partial charge on any atom is 0.357 e. The van der Waals surface area contributed by atoms with E-state index in [9.17, 15) is 14.4 Å². The molecule has 2 aromatic heterocycles. The molecule has 0 atom stereocenters. The molecule has 136 valence electrons. The molecule has 2 N–H and O–H groups in total. The minimum Gasteiger partial charge on any atom is -0.487 e. The fourth-order valence-electron chi connectivity index (χ4n) is 2.55. The number of halogens is 1. The van der Waals surface area contributed by atoms with Gasteiger partial charge in [0.15, 0.2) is 5.69 Å². The predicted molar refractivity (Wildman–Crippen MR) is 94.8 cm³/mol. The molecule has 3 rings (SSSR count). The highest BCUT2D eigenvalue weighted by atomic mass is 19.1. The van der Waals surface area contributed by atoms with Crippen LogP contribution in [0.25, 0.3) is 5.69 Å². The lowest BCUT2D eigenvalue weighted by Crippen LogP contribution is -2.12. The Kier molecular flexibility index (Phi) is 5.04. The molecule has 0 aliphatic heterocycles. The van der Waals surface area contributed by atoms with Gasteiger partial charge >= 0.3 is 5.97 Å². The van der Waals surface area contributed by atoms with Crippen molar-refractivity contribution in [2.24, 2.45) is 0 Å². The number of nitrogen functional groups attached to an aromatic ring is 1. The van der Waals surface area contributed by atoms with Crippen LogP contribution in [0.2, 0.25) is 0 Å². The van der Waals surface area contributed by atoms with Gasteiger partial charge in [-0.25, -0.2) is 9.18 Å². The van der Waals surface area contributed by atoms with Gasteiger partial charge in [0.05, 0.1) is 24.0 Å². The molecule has 0 bridgehead atoms. The lowest BCUT2D eigenvalue weighted by atomic mass is 10.2. The summed E-state index contributed by atoms with van der Waals surface area (Å²) < 4.78 is 25.7. The summed E-state index contributed by atoms with van der Waals surface area (Å²) in [5.41, 5.74) is 6.92. The summed E-state index contributed by atoms with van der Waals surface area (Å²) in [4.78, 5) is 16.1. The third-order valence-electron chi connectivity index (χ3n) is 3.87. The lowest BCUT2D eigenvalue weighted by molar-refractivity contribution is 0.0593. The molecular formula is C19H15FN4O3. The molecule has 0 unspecified atom stereocenters. The third-order valence-corrected chi connectivity index (χ3v) is 3.87. The first-order chi connectivity index (χ1) is 13.0. The van der Waals surface area contributed by atoms with E-state index in [1.807, 2.05) is 6.07 Å². The molecule has 0 saturated carbocycles. The van der Waals surface area contributed by atoms with E-state index >= 15 is 0 Å². The second-order valence-corrected chi connectivity index (χ2v) is 5.53. The SMILES string of the molecule is COC(=O)c1c(N)c(C#N)cn1-c1cc(F)ccc1OCc1ccncc1. The van der Waals surface area contributed by atoms with Gasteiger partial charge in [0, 0.05) is 24.7 Å². The Balaban J connectivity index is 2.08. The molecule has 0 fully saturated rings. The van der Waals surface area contributed by atoms with Crippen molar-refractivity contribution < 1.29 is 18.7 Å². The molecule has 0 amide bonds. The third kappa shape index (κ3) is 3.57.